The van der Waals surface area contributed by atoms with E-state index in [-0.39, 0.29) is 0 Å². The summed E-state index contributed by atoms with van der Waals surface area (Å²) in [4.78, 5) is 8.79. The number of hydrogen-bond donors (Lipinski definition) is 0. The highest BCUT2D eigenvalue weighted by molar-refractivity contribution is 5.88. The van der Waals surface area contributed by atoms with Crippen molar-refractivity contribution in [2.75, 3.05) is 0 Å². The average Bonchev–Trinajstić information content (AvgIpc) is 2.97. The van der Waals surface area contributed by atoms with Gasteiger partial charge in [0.05, 0.1) is 11.1 Å². The van der Waals surface area contributed by atoms with Crippen molar-refractivity contribution in [3.63, 3.8) is 0 Å². The van der Waals surface area contributed by atoms with Gasteiger partial charge in [-0.25, -0.2) is 0 Å². The van der Waals surface area contributed by atoms with Gasteiger partial charge in [-0.2, -0.15) is 13.2 Å². The lowest BCUT2D eigenvalue weighted by molar-refractivity contribution is -0.137. The number of rotatable bonds is 4. The maximum Gasteiger partial charge on any atom is 0.416 e. The number of hydrogen-bond acceptors (Lipinski definition) is 2. The molecule has 38 heavy (non-hydrogen) atoms. The average molecular weight is 503 g/mol. The molecule has 0 unspecified atom stereocenters. The summed E-state index contributed by atoms with van der Waals surface area (Å²) >= 11 is 0. The second kappa shape index (κ2) is 9.60. The third-order valence-electron chi connectivity index (χ3n) is 6.68. The smallest absolute Gasteiger partial charge is 0.265 e. The fourth-order valence-electron chi connectivity index (χ4n) is 4.57. The summed E-state index contributed by atoms with van der Waals surface area (Å²) in [5, 5.41) is 1.05. The molecule has 0 spiro atoms. The molecule has 2 nitrogen and oxygen atoms in total. The van der Waals surface area contributed by atoms with E-state index in [1.54, 1.807) is 12.4 Å². The minimum absolute atomic E-state index is 0.647. The first kappa shape index (κ1) is 23.6. The molecule has 0 N–H and O–H groups in total. The van der Waals surface area contributed by atoms with Crippen molar-refractivity contribution in [1.29, 1.82) is 0 Å². The minimum atomic E-state index is -4.33. The van der Waals surface area contributed by atoms with E-state index in [1.165, 1.54) is 12.1 Å². The Morgan fingerprint density at radius 2 is 0.895 bits per heavy atom. The van der Waals surface area contributed by atoms with Crippen molar-refractivity contribution < 1.29 is 13.2 Å². The Morgan fingerprint density at radius 3 is 1.45 bits per heavy atom. The largest absolute Gasteiger partial charge is 0.416 e. The van der Waals surface area contributed by atoms with Crippen LogP contribution in [0.1, 0.15) is 5.56 Å². The zero-order valence-electron chi connectivity index (χ0n) is 20.2. The van der Waals surface area contributed by atoms with E-state index in [9.17, 15) is 13.2 Å². The molecule has 0 atom stereocenters. The van der Waals surface area contributed by atoms with Gasteiger partial charge in [0.15, 0.2) is 0 Å². The summed E-state index contributed by atoms with van der Waals surface area (Å²) in [6.45, 7) is 0. The molecule has 5 heteroatoms. The van der Waals surface area contributed by atoms with E-state index in [0.29, 0.717) is 0 Å². The molecule has 0 fully saturated rings. The van der Waals surface area contributed by atoms with Crippen LogP contribution in [0.25, 0.3) is 55.4 Å². The summed E-state index contributed by atoms with van der Waals surface area (Å²) in [6, 6.07) is 33.8. The lowest BCUT2D eigenvalue weighted by atomic mass is 9.98. The van der Waals surface area contributed by atoms with Crippen LogP contribution in [0.2, 0.25) is 0 Å². The van der Waals surface area contributed by atoms with E-state index in [1.807, 2.05) is 42.6 Å². The van der Waals surface area contributed by atoms with E-state index in [4.69, 9.17) is 4.98 Å². The van der Waals surface area contributed by atoms with E-state index in [2.05, 4.69) is 53.5 Å². The Labute approximate surface area is 218 Å². The second-order valence-corrected chi connectivity index (χ2v) is 9.10. The van der Waals surface area contributed by atoms with Crippen LogP contribution in [0.15, 0.2) is 128 Å². The quantitative estimate of drug-likeness (QED) is 0.240. The molecule has 0 aliphatic carbocycles. The lowest BCUT2D eigenvalue weighted by Crippen LogP contribution is -2.03. The number of fused-ring (bicyclic) bond motifs is 1. The van der Waals surface area contributed by atoms with Crippen molar-refractivity contribution >= 4 is 10.9 Å². The van der Waals surface area contributed by atoms with Crippen LogP contribution in [0.3, 0.4) is 0 Å². The van der Waals surface area contributed by atoms with Gasteiger partial charge in [0.25, 0.3) is 0 Å². The summed E-state index contributed by atoms with van der Waals surface area (Å²) in [5.74, 6) is 0. The lowest BCUT2D eigenvalue weighted by Gasteiger charge is -2.09. The van der Waals surface area contributed by atoms with Crippen LogP contribution in [-0.4, -0.2) is 9.97 Å². The van der Waals surface area contributed by atoms with Crippen LogP contribution < -0.4 is 0 Å². The third-order valence-corrected chi connectivity index (χ3v) is 6.68. The van der Waals surface area contributed by atoms with Crippen LogP contribution in [0.5, 0.6) is 0 Å². The molecule has 0 saturated carbocycles. The van der Waals surface area contributed by atoms with Crippen LogP contribution in [0.4, 0.5) is 13.2 Å². The zero-order valence-corrected chi connectivity index (χ0v) is 20.2. The van der Waals surface area contributed by atoms with Gasteiger partial charge in [-0.3, -0.25) is 9.97 Å². The van der Waals surface area contributed by atoms with E-state index < -0.39 is 11.7 Å². The molecule has 0 aliphatic heterocycles. The summed E-state index contributed by atoms with van der Waals surface area (Å²) in [7, 11) is 0. The molecule has 2 heterocycles. The van der Waals surface area contributed by atoms with Crippen LogP contribution in [-0.2, 0) is 6.18 Å². The Balaban J connectivity index is 1.23. The Bertz CT molecular complexity index is 1710. The first-order valence-electron chi connectivity index (χ1n) is 12.1. The highest BCUT2D eigenvalue weighted by Crippen LogP contribution is 2.32. The predicted molar refractivity (Wildman–Crippen MR) is 146 cm³/mol. The molecular formula is C33H21F3N2. The predicted octanol–water partition coefficient (Wildman–Crippen LogP) is 9.32. The summed E-state index contributed by atoms with van der Waals surface area (Å²) < 4.78 is 38.5. The molecule has 0 radical (unpaired) electrons. The fourth-order valence-corrected chi connectivity index (χ4v) is 4.57. The maximum absolute atomic E-state index is 12.8. The normalized spacial score (nSPS) is 11.6. The number of halogens is 3. The van der Waals surface area contributed by atoms with Gasteiger partial charge >= 0.3 is 6.18 Å². The van der Waals surface area contributed by atoms with Gasteiger partial charge in [0, 0.05) is 29.5 Å². The van der Waals surface area contributed by atoms with Gasteiger partial charge in [0.2, 0.25) is 0 Å². The van der Waals surface area contributed by atoms with Gasteiger partial charge in [0.1, 0.15) is 0 Å². The van der Waals surface area contributed by atoms with Crippen molar-refractivity contribution in [1.82, 2.24) is 9.97 Å². The highest BCUT2D eigenvalue weighted by Gasteiger charge is 2.29. The van der Waals surface area contributed by atoms with Gasteiger partial charge < -0.3 is 0 Å². The molecule has 0 aliphatic rings. The molecule has 6 aromatic rings. The van der Waals surface area contributed by atoms with E-state index >= 15 is 0 Å². The van der Waals surface area contributed by atoms with Crippen molar-refractivity contribution in [2.24, 2.45) is 0 Å². The number of alkyl halides is 3. The van der Waals surface area contributed by atoms with Crippen LogP contribution in [0, 0.1) is 0 Å². The summed E-state index contributed by atoms with van der Waals surface area (Å²) in [6.07, 6.45) is 1.14. The Kier molecular flexibility index (Phi) is 5.97. The molecule has 0 saturated heterocycles. The third kappa shape index (κ3) is 4.78. The molecule has 0 bridgehead atoms. The molecule has 0 amide bonds. The monoisotopic (exact) mass is 502 g/mol. The molecule has 6 rings (SSSR count). The zero-order chi connectivity index (χ0) is 26.1. The molecular weight excluding hydrogens is 481 g/mol. The number of nitrogens with zero attached hydrogens (tertiary/aromatic N) is 2. The first-order valence-corrected chi connectivity index (χ1v) is 12.1. The second-order valence-electron chi connectivity index (χ2n) is 9.10. The van der Waals surface area contributed by atoms with Crippen molar-refractivity contribution in [3.8, 4) is 44.5 Å². The Hall–Kier alpha value is -4.77. The molecule has 2 aromatic heterocycles. The maximum atomic E-state index is 12.8. The highest BCUT2D eigenvalue weighted by atomic mass is 19.4. The number of pyridine rings is 2. The van der Waals surface area contributed by atoms with Gasteiger partial charge in [-0.15, -0.1) is 0 Å². The topological polar surface area (TPSA) is 25.8 Å². The van der Waals surface area contributed by atoms with Crippen molar-refractivity contribution in [2.45, 2.75) is 6.18 Å². The van der Waals surface area contributed by atoms with Gasteiger partial charge in [-0.05, 0) is 75.3 Å². The van der Waals surface area contributed by atoms with E-state index in [0.717, 1.165) is 67.5 Å². The summed E-state index contributed by atoms with van der Waals surface area (Å²) in [5.41, 5.74) is 8.30. The standard InChI is InChI=1S/C33H21F3N2/c34-33(35,36)31-13-11-24(12-14-31)22-1-5-25(6-2-22)28-9-10-29-19-30(21-38-32(29)20-28)26-7-3-23(4-8-26)27-15-17-37-18-16-27/h1-21H. The van der Waals surface area contributed by atoms with Crippen molar-refractivity contribution in [3.05, 3.63) is 133 Å². The minimum Gasteiger partial charge on any atom is -0.265 e. The molecule has 4 aromatic carbocycles. The number of benzene rings is 4. The fraction of sp³-hybridized carbons (Fsp3) is 0.0303. The SMILES string of the molecule is FC(F)(F)c1ccc(-c2ccc(-c3ccc4cc(-c5ccc(-c6ccncc6)cc5)cnc4c3)cc2)cc1. The Morgan fingerprint density at radius 1 is 0.447 bits per heavy atom. The number of aromatic nitrogens is 2. The van der Waals surface area contributed by atoms with Gasteiger partial charge in [-0.1, -0.05) is 72.8 Å². The molecule has 184 valence electrons. The first-order chi connectivity index (χ1) is 18.4. The van der Waals surface area contributed by atoms with Crippen LogP contribution >= 0.6 is 0 Å².